The van der Waals surface area contributed by atoms with Crippen molar-refractivity contribution in [2.45, 2.75) is 0 Å². The number of para-hydroxylation sites is 1. The van der Waals surface area contributed by atoms with Gasteiger partial charge in [-0.15, -0.1) is 0 Å². The van der Waals surface area contributed by atoms with Crippen LogP contribution in [-0.4, -0.2) is 28.6 Å². The molecule has 1 amide bonds. The number of nitrogens with two attached hydrogens (primary N) is 1. The highest BCUT2D eigenvalue weighted by Crippen LogP contribution is 2.29. The van der Waals surface area contributed by atoms with Gasteiger partial charge in [-0.1, -0.05) is 18.2 Å². The number of ether oxygens (including phenoxy) is 1. The number of aromatic carboxylic acids is 1. The van der Waals surface area contributed by atoms with Gasteiger partial charge >= 0.3 is 5.97 Å². The van der Waals surface area contributed by atoms with Crippen LogP contribution < -0.4 is 15.8 Å². The number of rotatable bonds is 1. The Morgan fingerprint density at radius 3 is 2.71 bits per heavy atom. The summed E-state index contributed by atoms with van der Waals surface area (Å²) in [5.74, 6) is -0.423. The first-order chi connectivity index (χ1) is 11.5. The maximum atomic E-state index is 10.8. The largest absolute Gasteiger partial charge is 0.482 e. The summed E-state index contributed by atoms with van der Waals surface area (Å²) >= 11 is 0. The summed E-state index contributed by atoms with van der Waals surface area (Å²) < 4.78 is 5.12. The minimum Gasteiger partial charge on any atom is -0.482 e. The van der Waals surface area contributed by atoms with E-state index >= 15 is 0 Å². The molecule has 7 heteroatoms. The number of carboxylic acids is 1. The molecule has 3 aromatic rings. The van der Waals surface area contributed by atoms with E-state index in [1.165, 1.54) is 0 Å². The molecule has 0 unspecified atom stereocenters. The average molecular weight is 325 g/mol. The van der Waals surface area contributed by atoms with Gasteiger partial charge < -0.3 is 25.9 Å². The molecule has 7 nitrogen and oxygen atoms in total. The summed E-state index contributed by atoms with van der Waals surface area (Å²) in [5.41, 5.74) is 7.92. The zero-order valence-corrected chi connectivity index (χ0v) is 12.6. The van der Waals surface area contributed by atoms with Gasteiger partial charge in [-0.25, -0.2) is 4.79 Å². The third-order valence-electron chi connectivity index (χ3n) is 3.40. The highest BCUT2D eigenvalue weighted by molar-refractivity contribution is 5.95. The van der Waals surface area contributed by atoms with Gasteiger partial charge in [-0.2, -0.15) is 0 Å². The summed E-state index contributed by atoms with van der Waals surface area (Å²) in [6, 6.07) is 14.2. The van der Waals surface area contributed by atoms with Crippen LogP contribution in [0.2, 0.25) is 0 Å². The highest BCUT2D eigenvalue weighted by Gasteiger charge is 2.14. The minimum atomic E-state index is -0.925. The van der Waals surface area contributed by atoms with E-state index in [2.05, 4.69) is 10.3 Å². The Morgan fingerprint density at radius 2 is 1.96 bits per heavy atom. The number of hydrogen-bond acceptors (Lipinski definition) is 4. The van der Waals surface area contributed by atoms with Crippen molar-refractivity contribution in [3.8, 4) is 5.75 Å². The van der Waals surface area contributed by atoms with Crippen LogP contribution in [0, 0.1) is 0 Å². The molecule has 0 radical (unpaired) electrons. The molecule has 122 valence electrons. The molecule has 1 aromatic heterocycles. The molecular formula is C17H15N3O4. The molecule has 1 aliphatic rings. The van der Waals surface area contributed by atoms with Gasteiger partial charge in [-0.05, 0) is 24.3 Å². The lowest BCUT2D eigenvalue weighted by atomic mass is 10.2. The van der Waals surface area contributed by atoms with E-state index in [0.29, 0.717) is 17.1 Å². The normalized spacial score (nSPS) is 12.4. The number of hydrogen-bond donors (Lipinski definition) is 4. The van der Waals surface area contributed by atoms with Crippen LogP contribution in [-0.2, 0) is 4.79 Å². The van der Waals surface area contributed by atoms with Crippen LogP contribution in [0.25, 0.3) is 10.9 Å². The molecular weight excluding hydrogens is 310 g/mol. The first-order valence-electron chi connectivity index (χ1n) is 7.16. The Kier molecular flexibility index (Phi) is 4.07. The van der Waals surface area contributed by atoms with Gasteiger partial charge in [0.15, 0.2) is 6.61 Å². The summed E-state index contributed by atoms with van der Waals surface area (Å²) in [6.07, 6.45) is 0. The number of amides is 1. The molecule has 0 spiro atoms. The summed E-state index contributed by atoms with van der Waals surface area (Å²) in [4.78, 5) is 24.2. The third kappa shape index (κ3) is 3.30. The Balaban J connectivity index is 0.000000141. The Morgan fingerprint density at radius 1 is 1.17 bits per heavy atom. The Bertz CT molecular complexity index is 884. The first-order valence-corrected chi connectivity index (χ1v) is 7.16. The van der Waals surface area contributed by atoms with Crippen LogP contribution in [0.1, 0.15) is 10.5 Å². The summed E-state index contributed by atoms with van der Waals surface area (Å²) in [7, 11) is 0. The number of carbonyl (C=O) groups excluding carboxylic acids is 1. The Labute approximate surface area is 137 Å². The topological polar surface area (TPSA) is 117 Å². The molecule has 2 heterocycles. The number of nitrogen functional groups attached to an aromatic ring is 1. The second-order valence-corrected chi connectivity index (χ2v) is 5.17. The fraction of sp³-hybridized carbons (Fsp3) is 0.0588. The van der Waals surface area contributed by atoms with Crippen molar-refractivity contribution < 1.29 is 19.4 Å². The number of nitrogens with one attached hydrogen (secondary N) is 2. The lowest BCUT2D eigenvalue weighted by Gasteiger charge is -2.17. The van der Waals surface area contributed by atoms with Crippen molar-refractivity contribution in [3.05, 3.63) is 54.2 Å². The molecule has 0 fully saturated rings. The number of benzene rings is 2. The monoisotopic (exact) mass is 325 g/mol. The van der Waals surface area contributed by atoms with Gasteiger partial charge in [0.05, 0.1) is 5.69 Å². The number of H-pyrrole nitrogens is 1. The highest BCUT2D eigenvalue weighted by atomic mass is 16.5. The molecule has 4 rings (SSSR count). The number of carboxylic acid groups (broad SMARTS) is 1. The SMILES string of the molecule is Nc1ccc2c(c1)OCC(=O)N2.O=C(O)c1cc2ccccc2[nH]1. The van der Waals surface area contributed by atoms with Gasteiger partial charge in [0, 0.05) is 22.7 Å². The van der Waals surface area contributed by atoms with E-state index in [0.717, 1.165) is 10.9 Å². The van der Waals surface area contributed by atoms with Crippen LogP contribution in [0.5, 0.6) is 5.75 Å². The van der Waals surface area contributed by atoms with E-state index in [1.807, 2.05) is 24.3 Å². The van der Waals surface area contributed by atoms with Crippen molar-refractivity contribution in [2.24, 2.45) is 0 Å². The number of fused-ring (bicyclic) bond motifs is 2. The average Bonchev–Trinajstić information content (AvgIpc) is 3.00. The van der Waals surface area contributed by atoms with E-state index < -0.39 is 5.97 Å². The zero-order valence-electron chi connectivity index (χ0n) is 12.6. The summed E-state index contributed by atoms with van der Waals surface area (Å²) in [6.45, 7) is 0.0659. The predicted octanol–water partition coefficient (Wildman–Crippen LogP) is 2.47. The minimum absolute atomic E-state index is 0.0659. The molecule has 0 atom stereocenters. The molecule has 0 aliphatic carbocycles. The van der Waals surface area contributed by atoms with Crippen LogP contribution in [0.3, 0.4) is 0 Å². The summed E-state index contributed by atoms with van der Waals surface area (Å²) in [5, 5.41) is 12.2. The lowest BCUT2D eigenvalue weighted by Crippen LogP contribution is -2.25. The van der Waals surface area contributed by atoms with Crippen LogP contribution in [0.4, 0.5) is 11.4 Å². The smallest absolute Gasteiger partial charge is 0.352 e. The molecule has 0 bridgehead atoms. The van der Waals surface area contributed by atoms with Crippen molar-refractivity contribution in [2.75, 3.05) is 17.7 Å². The molecule has 24 heavy (non-hydrogen) atoms. The van der Waals surface area contributed by atoms with Crippen molar-refractivity contribution in [1.29, 1.82) is 0 Å². The molecule has 1 aliphatic heterocycles. The fourth-order valence-electron chi connectivity index (χ4n) is 2.28. The second kappa shape index (κ2) is 6.33. The number of aromatic amines is 1. The number of anilines is 2. The van der Waals surface area contributed by atoms with Gasteiger partial charge in [-0.3, -0.25) is 4.79 Å². The molecule has 0 saturated carbocycles. The van der Waals surface area contributed by atoms with Gasteiger partial charge in [0.2, 0.25) is 0 Å². The van der Waals surface area contributed by atoms with Crippen LogP contribution >= 0.6 is 0 Å². The zero-order chi connectivity index (χ0) is 17.1. The van der Waals surface area contributed by atoms with E-state index in [1.54, 1.807) is 24.3 Å². The maximum Gasteiger partial charge on any atom is 0.352 e. The number of carbonyl (C=O) groups is 2. The quantitative estimate of drug-likeness (QED) is 0.513. The van der Waals surface area contributed by atoms with Crippen LogP contribution in [0.15, 0.2) is 48.5 Å². The molecule has 2 aromatic carbocycles. The Hall–Kier alpha value is -3.48. The van der Waals surface area contributed by atoms with E-state index in [9.17, 15) is 9.59 Å². The lowest BCUT2D eigenvalue weighted by molar-refractivity contribution is -0.118. The second-order valence-electron chi connectivity index (χ2n) is 5.17. The van der Waals surface area contributed by atoms with Gasteiger partial charge in [0.25, 0.3) is 5.91 Å². The van der Waals surface area contributed by atoms with Gasteiger partial charge in [0.1, 0.15) is 11.4 Å². The van der Waals surface area contributed by atoms with E-state index in [-0.39, 0.29) is 18.2 Å². The number of aromatic nitrogens is 1. The first kappa shape index (κ1) is 15.4. The maximum absolute atomic E-state index is 10.8. The molecule has 5 N–H and O–H groups in total. The standard InChI is InChI=1S/C9H7NO2.C8H8N2O2/c11-9(12)8-5-6-3-1-2-4-7(6)10-8;9-5-1-2-6-7(3-5)12-4-8(11)10-6/h1-5,10H,(H,11,12);1-3H,4,9H2,(H,10,11). The van der Waals surface area contributed by atoms with E-state index in [4.69, 9.17) is 15.6 Å². The van der Waals surface area contributed by atoms with Crippen molar-refractivity contribution in [1.82, 2.24) is 4.98 Å². The fourth-order valence-corrected chi connectivity index (χ4v) is 2.28. The van der Waals surface area contributed by atoms with Crippen molar-refractivity contribution >= 4 is 34.2 Å². The molecule has 0 saturated heterocycles. The predicted molar refractivity (Wildman–Crippen MR) is 90.2 cm³/mol. The van der Waals surface area contributed by atoms with Crippen molar-refractivity contribution in [3.63, 3.8) is 0 Å². The third-order valence-corrected chi connectivity index (χ3v) is 3.40.